The average Bonchev–Trinajstić information content (AvgIpc) is 2.75. The molecule has 0 aromatic heterocycles. The molecular formula is C16H23BrN2O2. The Bertz CT molecular complexity index is 471. The summed E-state index contributed by atoms with van der Waals surface area (Å²) in [6.07, 6.45) is 4.66. The van der Waals surface area contributed by atoms with Crippen molar-refractivity contribution in [2.75, 3.05) is 26.7 Å². The van der Waals surface area contributed by atoms with Crippen LogP contribution in [0.1, 0.15) is 31.2 Å². The van der Waals surface area contributed by atoms with Crippen molar-refractivity contribution in [2.45, 2.75) is 32.2 Å². The molecule has 1 aromatic carbocycles. The van der Waals surface area contributed by atoms with E-state index in [0.29, 0.717) is 0 Å². The van der Waals surface area contributed by atoms with Gasteiger partial charge in [0.25, 0.3) is 5.91 Å². The molecule has 0 saturated carbocycles. The molecule has 0 radical (unpaired) electrons. The number of hydrogen-bond acceptors (Lipinski definition) is 3. The zero-order valence-electron chi connectivity index (χ0n) is 12.5. The monoisotopic (exact) mass is 354 g/mol. The molecule has 0 atom stereocenters. The van der Waals surface area contributed by atoms with Gasteiger partial charge in [-0.05, 0) is 53.5 Å². The Kier molecular flexibility index (Phi) is 6.51. The van der Waals surface area contributed by atoms with Gasteiger partial charge in [0.2, 0.25) is 0 Å². The summed E-state index contributed by atoms with van der Waals surface area (Å²) in [4.78, 5) is 14.1. The minimum Gasteiger partial charge on any atom is -0.483 e. The van der Waals surface area contributed by atoms with E-state index in [2.05, 4.69) is 21.2 Å². The Balaban J connectivity index is 1.88. The van der Waals surface area contributed by atoms with E-state index in [-0.39, 0.29) is 12.5 Å². The van der Waals surface area contributed by atoms with Crippen LogP contribution in [0.3, 0.4) is 0 Å². The Hall–Kier alpha value is -1.07. The van der Waals surface area contributed by atoms with Gasteiger partial charge in [-0.15, -0.1) is 0 Å². The van der Waals surface area contributed by atoms with Crippen LogP contribution in [-0.2, 0) is 11.3 Å². The molecule has 1 aliphatic heterocycles. The lowest BCUT2D eigenvalue weighted by Crippen LogP contribution is -2.35. The van der Waals surface area contributed by atoms with E-state index in [4.69, 9.17) is 4.74 Å². The molecule has 1 N–H and O–H groups in total. The van der Waals surface area contributed by atoms with Gasteiger partial charge in [-0.25, -0.2) is 0 Å². The van der Waals surface area contributed by atoms with Gasteiger partial charge in [-0.1, -0.05) is 18.9 Å². The minimum atomic E-state index is 0.0862. The van der Waals surface area contributed by atoms with Crippen LogP contribution in [0, 0.1) is 0 Å². The first-order chi connectivity index (χ1) is 10.2. The molecule has 1 aliphatic rings. The Labute approximate surface area is 135 Å². The smallest absolute Gasteiger partial charge is 0.260 e. The summed E-state index contributed by atoms with van der Waals surface area (Å²) in [5, 5.41) is 3.11. The van der Waals surface area contributed by atoms with Gasteiger partial charge >= 0.3 is 0 Å². The normalized spacial score (nSPS) is 15.6. The fraction of sp³-hybridized carbons (Fsp3) is 0.562. The van der Waals surface area contributed by atoms with E-state index in [1.54, 1.807) is 0 Å². The highest BCUT2D eigenvalue weighted by Gasteiger charge is 2.16. The molecule has 0 unspecified atom stereocenters. The molecule has 21 heavy (non-hydrogen) atoms. The van der Waals surface area contributed by atoms with Gasteiger partial charge in [0.1, 0.15) is 5.75 Å². The summed E-state index contributed by atoms with van der Waals surface area (Å²) in [7, 11) is 1.91. The van der Waals surface area contributed by atoms with Crippen LogP contribution in [0.15, 0.2) is 22.7 Å². The lowest BCUT2D eigenvalue weighted by atomic mass is 10.2. The van der Waals surface area contributed by atoms with Crippen molar-refractivity contribution in [1.29, 1.82) is 0 Å². The van der Waals surface area contributed by atoms with Gasteiger partial charge < -0.3 is 15.0 Å². The predicted molar refractivity (Wildman–Crippen MR) is 87.4 cm³/mol. The number of likely N-dealkylation sites (tertiary alicyclic amines) is 1. The summed E-state index contributed by atoms with van der Waals surface area (Å²) < 4.78 is 6.56. The number of carbonyl (C=O) groups is 1. The fourth-order valence-electron chi connectivity index (χ4n) is 2.53. The molecule has 1 amide bonds. The minimum absolute atomic E-state index is 0.0862. The Morgan fingerprint density at radius 2 is 2.00 bits per heavy atom. The first kappa shape index (κ1) is 16.3. The maximum absolute atomic E-state index is 12.2. The number of rotatable bonds is 5. The second-order valence-electron chi connectivity index (χ2n) is 5.38. The zero-order valence-corrected chi connectivity index (χ0v) is 14.1. The number of nitrogens with zero attached hydrogens (tertiary/aromatic N) is 1. The van der Waals surface area contributed by atoms with Crippen molar-refractivity contribution < 1.29 is 9.53 Å². The lowest BCUT2D eigenvalue weighted by molar-refractivity contribution is -0.133. The third-order valence-corrected chi connectivity index (χ3v) is 4.31. The predicted octanol–water partition coefficient (Wildman–Crippen LogP) is 2.95. The summed E-state index contributed by atoms with van der Waals surface area (Å²) in [5.74, 6) is 0.807. The zero-order chi connectivity index (χ0) is 15.1. The highest BCUT2D eigenvalue weighted by Crippen LogP contribution is 2.26. The molecule has 4 nitrogen and oxygen atoms in total. The first-order valence-electron chi connectivity index (χ1n) is 7.54. The Morgan fingerprint density at radius 1 is 1.29 bits per heavy atom. The molecule has 0 spiro atoms. The van der Waals surface area contributed by atoms with E-state index in [0.717, 1.165) is 42.7 Å². The standard InChI is InChI=1S/C16H23BrN2O2/c1-18-11-13-6-7-15(14(17)10-13)21-12-16(20)19-8-4-2-3-5-9-19/h6-7,10,18H,2-5,8-9,11-12H2,1H3. The SMILES string of the molecule is CNCc1ccc(OCC(=O)N2CCCCCC2)c(Br)c1. The second-order valence-corrected chi connectivity index (χ2v) is 6.23. The van der Waals surface area contributed by atoms with Crippen LogP contribution in [0.5, 0.6) is 5.75 Å². The molecule has 0 aliphatic carbocycles. The number of amides is 1. The number of benzene rings is 1. The number of hydrogen-bond donors (Lipinski definition) is 1. The van der Waals surface area contributed by atoms with Crippen molar-refractivity contribution in [3.63, 3.8) is 0 Å². The molecule has 1 heterocycles. The average molecular weight is 355 g/mol. The van der Waals surface area contributed by atoms with Crippen LogP contribution in [-0.4, -0.2) is 37.6 Å². The molecule has 2 rings (SSSR count). The number of ether oxygens (including phenoxy) is 1. The third kappa shape index (κ3) is 5.00. The molecular weight excluding hydrogens is 332 g/mol. The molecule has 1 fully saturated rings. The van der Waals surface area contributed by atoms with E-state index < -0.39 is 0 Å². The van der Waals surface area contributed by atoms with Crippen molar-refractivity contribution in [2.24, 2.45) is 0 Å². The van der Waals surface area contributed by atoms with Gasteiger partial charge in [-0.3, -0.25) is 4.79 Å². The van der Waals surface area contributed by atoms with Crippen molar-refractivity contribution >= 4 is 21.8 Å². The quantitative estimate of drug-likeness (QED) is 0.883. The van der Waals surface area contributed by atoms with E-state index in [1.165, 1.54) is 18.4 Å². The van der Waals surface area contributed by atoms with E-state index in [1.807, 2.05) is 30.1 Å². The highest BCUT2D eigenvalue weighted by molar-refractivity contribution is 9.10. The van der Waals surface area contributed by atoms with Crippen molar-refractivity contribution in [3.8, 4) is 5.75 Å². The summed E-state index contributed by atoms with van der Waals surface area (Å²) in [6.45, 7) is 2.66. The number of halogens is 1. The topological polar surface area (TPSA) is 41.6 Å². The first-order valence-corrected chi connectivity index (χ1v) is 8.33. The van der Waals surface area contributed by atoms with Crippen LogP contribution < -0.4 is 10.1 Å². The van der Waals surface area contributed by atoms with Gasteiger partial charge in [0.05, 0.1) is 4.47 Å². The summed E-state index contributed by atoms with van der Waals surface area (Å²) in [5.41, 5.74) is 1.18. The highest BCUT2D eigenvalue weighted by atomic mass is 79.9. The third-order valence-electron chi connectivity index (χ3n) is 3.69. The van der Waals surface area contributed by atoms with Crippen molar-refractivity contribution in [3.05, 3.63) is 28.2 Å². The molecule has 0 bridgehead atoms. The maximum atomic E-state index is 12.2. The van der Waals surface area contributed by atoms with Crippen LogP contribution in [0.25, 0.3) is 0 Å². The molecule has 5 heteroatoms. The van der Waals surface area contributed by atoms with Gasteiger partial charge in [0.15, 0.2) is 6.61 Å². The lowest BCUT2D eigenvalue weighted by Gasteiger charge is -2.20. The van der Waals surface area contributed by atoms with E-state index >= 15 is 0 Å². The van der Waals surface area contributed by atoms with Gasteiger partial charge in [0, 0.05) is 19.6 Å². The molecule has 1 aromatic rings. The van der Waals surface area contributed by atoms with Gasteiger partial charge in [-0.2, -0.15) is 0 Å². The summed E-state index contributed by atoms with van der Waals surface area (Å²) >= 11 is 3.50. The Morgan fingerprint density at radius 3 is 2.62 bits per heavy atom. The number of carbonyl (C=O) groups excluding carboxylic acids is 1. The van der Waals surface area contributed by atoms with Crippen molar-refractivity contribution in [1.82, 2.24) is 10.2 Å². The van der Waals surface area contributed by atoms with E-state index in [9.17, 15) is 4.79 Å². The maximum Gasteiger partial charge on any atom is 0.260 e. The van der Waals surface area contributed by atoms with Crippen LogP contribution in [0.2, 0.25) is 0 Å². The van der Waals surface area contributed by atoms with Crippen LogP contribution in [0.4, 0.5) is 0 Å². The second kappa shape index (κ2) is 8.39. The molecule has 1 saturated heterocycles. The summed E-state index contributed by atoms with van der Waals surface area (Å²) in [6, 6.07) is 5.93. The van der Waals surface area contributed by atoms with Crippen LogP contribution >= 0.6 is 15.9 Å². The number of nitrogens with one attached hydrogen (secondary N) is 1. The largest absolute Gasteiger partial charge is 0.483 e. The fourth-order valence-corrected chi connectivity index (χ4v) is 3.07. The molecule has 116 valence electrons.